The van der Waals surface area contributed by atoms with Gasteiger partial charge in [-0.1, -0.05) is 6.42 Å². The van der Waals surface area contributed by atoms with Crippen LogP contribution in [0.5, 0.6) is 0 Å². The minimum absolute atomic E-state index is 0.866. The van der Waals surface area contributed by atoms with Gasteiger partial charge in [0.15, 0.2) is 0 Å². The van der Waals surface area contributed by atoms with Crippen molar-refractivity contribution in [3.05, 3.63) is 0 Å². The van der Waals surface area contributed by atoms with E-state index < -0.39 is 0 Å². The Hall–Kier alpha value is -0.120. The first kappa shape index (κ1) is 12.3. The predicted molar refractivity (Wildman–Crippen MR) is 68.5 cm³/mol. The van der Waals surface area contributed by atoms with Crippen molar-refractivity contribution >= 4 is 0 Å². The summed E-state index contributed by atoms with van der Waals surface area (Å²) in [4.78, 5) is 5.27. The minimum atomic E-state index is 0.866. The van der Waals surface area contributed by atoms with Crippen molar-refractivity contribution < 1.29 is 0 Å². The monoisotopic (exact) mass is 225 g/mol. The zero-order chi connectivity index (χ0) is 11.2. The number of nitrogens with zero attached hydrogens (tertiary/aromatic N) is 2. The van der Waals surface area contributed by atoms with E-state index in [0.717, 1.165) is 12.5 Å². The SMILES string of the molecule is NCCC1CCN(CCN2CCCCC2)C1. The molecule has 0 aromatic carbocycles. The van der Waals surface area contributed by atoms with Crippen LogP contribution in [-0.4, -0.2) is 55.6 Å². The fourth-order valence-corrected chi connectivity index (χ4v) is 3.05. The molecule has 94 valence electrons. The van der Waals surface area contributed by atoms with Gasteiger partial charge in [-0.05, 0) is 57.8 Å². The smallest absolute Gasteiger partial charge is 0.0109 e. The van der Waals surface area contributed by atoms with Crippen LogP contribution in [0.25, 0.3) is 0 Å². The number of rotatable bonds is 5. The summed E-state index contributed by atoms with van der Waals surface area (Å²) in [5, 5.41) is 0. The lowest BCUT2D eigenvalue weighted by atomic mass is 10.1. The number of nitrogens with two attached hydrogens (primary N) is 1. The summed E-state index contributed by atoms with van der Waals surface area (Å²) in [6.45, 7) is 8.70. The van der Waals surface area contributed by atoms with Gasteiger partial charge in [-0.15, -0.1) is 0 Å². The highest BCUT2D eigenvalue weighted by Crippen LogP contribution is 2.18. The summed E-state index contributed by atoms with van der Waals surface area (Å²) >= 11 is 0. The molecule has 1 unspecified atom stereocenters. The maximum atomic E-state index is 5.62. The van der Waals surface area contributed by atoms with Crippen molar-refractivity contribution in [1.82, 2.24) is 9.80 Å². The molecule has 16 heavy (non-hydrogen) atoms. The lowest BCUT2D eigenvalue weighted by molar-refractivity contribution is 0.194. The molecule has 0 aliphatic carbocycles. The fraction of sp³-hybridized carbons (Fsp3) is 1.00. The van der Waals surface area contributed by atoms with Crippen molar-refractivity contribution in [3.8, 4) is 0 Å². The molecule has 2 fully saturated rings. The first-order valence-corrected chi connectivity index (χ1v) is 7.03. The van der Waals surface area contributed by atoms with Gasteiger partial charge in [0.1, 0.15) is 0 Å². The maximum Gasteiger partial charge on any atom is 0.0109 e. The van der Waals surface area contributed by atoms with E-state index in [2.05, 4.69) is 9.80 Å². The Labute approximate surface area is 100.0 Å². The van der Waals surface area contributed by atoms with Gasteiger partial charge in [0.05, 0.1) is 0 Å². The minimum Gasteiger partial charge on any atom is -0.330 e. The van der Waals surface area contributed by atoms with Crippen molar-refractivity contribution in [2.45, 2.75) is 32.1 Å². The van der Waals surface area contributed by atoms with Crippen molar-refractivity contribution in [2.75, 3.05) is 45.8 Å². The first-order valence-electron chi connectivity index (χ1n) is 7.03. The molecule has 0 amide bonds. The lowest BCUT2D eigenvalue weighted by Crippen LogP contribution is -2.37. The molecule has 1 atom stereocenters. The molecular weight excluding hydrogens is 198 g/mol. The van der Waals surface area contributed by atoms with Crippen molar-refractivity contribution in [3.63, 3.8) is 0 Å². The largest absolute Gasteiger partial charge is 0.330 e. The molecule has 2 saturated heterocycles. The maximum absolute atomic E-state index is 5.62. The van der Waals surface area contributed by atoms with Crippen LogP contribution in [0.1, 0.15) is 32.1 Å². The molecule has 2 heterocycles. The van der Waals surface area contributed by atoms with Gasteiger partial charge < -0.3 is 15.5 Å². The van der Waals surface area contributed by atoms with Gasteiger partial charge >= 0.3 is 0 Å². The van der Waals surface area contributed by atoms with E-state index in [1.807, 2.05) is 0 Å². The fourth-order valence-electron chi connectivity index (χ4n) is 3.05. The van der Waals surface area contributed by atoms with Gasteiger partial charge in [0, 0.05) is 19.6 Å². The van der Waals surface area contributed by atoms with Gasteiger partial charge in [0.2, 0.25) is 0 Å². The molecule has 2 rings (SSSR count). The van der Waals surface area contributed by atoms with Crippen LogP contribution < -0.4 is 5.73 Å². The van der Waals surface area contributed by atoms with Crippen LogP contribution in [0.4, 0.5) is 0 Å². The summed E-state index contributed by atoms with van der Waals surface area (Å²) < 4.78 is 0. The lowest BCUT2D eigenvalue weighted by Gasteiger charge is -2.28. The summed E-state index contributed by atoms with van der Waals surface area (Å²) in [5.74, 6) is 0.881. The Morgan fingerprint density at radius 2 is 1.69 bits per heavy atom. The predicted octanol–water partition coefficient (Wildman–Crippen LogP) is 1.14. The van der Waals surface area contributed by atoms with Crippen LogP contribution in [0, 0.1) is 5.92 Å². The molecule has 0 aromatic heterocycles. The van der Waals surface area contributed by atoms with Crippen molar-refractivity contribution in [2.24, 2.45) is 11.7 Å². The summed E-state index contributed by atoms with van der Waals surface area (Å²) in [5.41, 5.74) is 5.62. The third-order valence-electron chi connectivity index (χ3n) is 4.13. The molecule has 0 spiro atoms. The molecule has 2 aliphatic heterocycles. The molecule has 0 saturated carbocycles. The van der Waals surface area contributed by atoms with E-state index in [-0.39, 0.29) is 0 Å². The van der Waals surface area contributed by atoms with Crippen LogP contribution in [0.3, 0.4) is 0 Å². The molecule has 0 radical (unpaired) electrons. The van der Waals surface area contributed by atoms with E-state index >= 15 is 0 Å². The van der Waals surface area contributed by atoms with Gasteiger partial charge in [-0.2, -0.15) is 0 Å². The molecule has 3 nitrogen and oxygen atoms in total. The highest BCUT2D eigenvalue weighted by Gasteiger charge is 2.22. The second-order valence-electron chi connectivity index (χ2n) is 5.43. The Balaban J connectivity index is 1.59. The number of hydrogen-bond donors (Lipinski definition) is 1. The molecule has 0 aromatic rings. The highest BCUT2D eigenvalue weighted by atomic mass is 15.2. The Kier molecular flexibility index (Phi) is 5.07. The normalized spacial score (nSPS) is 28.7. The number of piperidine rings is 1. The zero-order valence-electron chi connectivity index (χ0n) is 10.5. The highest BCUT2D eigenvalue weighted by molar-refractivity contribution is 4.77. The average Bonchev–Trinajstić information content (AvgIpc) is 2.76. The molecule has 0 bridgehead atoms. The van der Waals surface area contributed by atoms with E-state index in [0.29, 0.717) is 0 Å². The molecular formula is C13H27N3. The van der Waals surface area contributed by atoms with Crippen LogP contribution in [0.15, 0.2) is 0 Å². The third-order valence-corrected chi connectivity index (χ3v) is 4.13. The standard InChI is InChI=1S/C13H27N3/c14-6-4-13-5-9-16(12-13)11-10-15-7-2-1-3-8-15/h13H,1-12,14H2. The Bertz CT molecular complexity index is 190. The van der Waals surface area contributed by atoms with Gasteiger partial charge in [0.25, 0.3) is 0 Å². The Morgan fingerprint density at radius 3 is 2.44 bits per heavy atom. The van der Waals surface area contributed by atoms with E-state index in [1.165, 1.54) is 71.4 Å². The van der Waals surface area contributed by atoms with Gasteiger partial charge in [-0.25, -0.2) is 0 Å². The first-order chi connectivity index (χ1) is 7.88. The quantitative estimate of drug-likeness (QED) is 0.761. The molecule has 3 heteroatoms. The average molecular weight is 225 g/mol. The number of hydrogen-bond acceptors (Lipinski definition) is 3. The summed E-state index contributed by atoms with van der Waals surface area (Å²) in [7, 11) is 0. The van der Waals surface area contributed by atoms with E-state index in [4.69, 9.17) is 5.73 Å². The summed E-state index contributed by atoms with van der Waals surface area (Å²) in [6, 6.07) is 0. The number of likely N-dealkylation sites (tertiary alicyclic amines) is 2. The topological polar surface area (TPSA) is 32.5 Å². The van der Waals surface area contributed by atoms with E-state index in [1.54, 1.807) is 0 Å². The van der Waals surface area contributed by atoms with Crippen LogP contribution in [0.2, 0.25) is 0 Å². The molecule has 2 N–H and O–H groups in total. The zero-order valence-corrected chi connectivity index (χ0v) is 10.5. The second kappa shape index (κ2) is 6.58. The Morgan fingerprint density at radius 1 is 0.938 bits per heavy atom. The van der Waals surface area contributed by atoms with Crippen LogP contribution in [-0.2, 0) is 0 Å². The summed E-state index contributed by atoms with van der Waals surface area (Å²) in [6.07, 6.45) is 6.86. The van der Waals surface area contributed by atoms with Crippen LogP contribution >= 0.6 is 0 Å². The molecule has 2 aliphatic rings. The van der Waals surface area contributed by atoms with E-state index in [9.17, 15) is 0 Å². The van der Waals surface area contributed by atoms with Crippen molar-refractivity contribution in [1.29, 1.82) is 0 Å². The second-order valence-corrected chi connectivity index (χ2v) is 5.43. The third kappa shape index (κ3) is 3.72. The van der Waals surface area contributed by atoms with Gasteiger partial charge in [-0.3, -0.25) is 0 Å².